The van der Waals surface area contributed by atoms with Crippen molar-refractivity contribution in [2.45, 2.75) is 24.7 Å². The zero-order valence-corrected chi connectivity index (χ0v) is 16.8. The average molecular weight is 422 g/mol. The molecular formula is C18H17Cl2N5OS. The second-order valence-corrected chi connectivity index (χ2v) is 7.63. The van der Waals surface area contributed by atoms with Gasteiger partial charge >= 0.3 is 0 Å². The van der Waals surface area contributed by atoms with E-state index in [9.17, 15) is 4.79 Å². The molecular weight excluding hydrogens is 405 g/mol. The number of benzene rings is 2. The summed E-state index contributed by atoms with van der Waals surface area (Å²) in [4.78, 5) is 12.3. The number of rotatable bonds is 7. The molecule has 1 heterocycles. The number of hydrogen-bond acceptors (Lipinski definition) is 5. The lowest BCUT2D eigenvalue weighted by molar-refractivity contribution is -0.119. The molecule has 0 aliphatic rings. The summed E-state index contributed by atoms with van der Waals surface area (Å²) in [6, 6.07) is 14.9. The molecule has 6 nitrogen and oxygen atoms in total. The van der Waals surface area contributed by atoms with E-state index in [1.165, 1.54) is 11.8 Å². The van der Waals surface area contributed by atoms with Crippen molar-refractivity contribution in [1.82, 2.24) is 25.5 Å². The van der Waals surface area contributed by atoms with Crippen molar-refractivity contribution in [3.63, 3.8) is 0 Å². The largest absolute Gasteiger partial charge is 0.349 e. The molecule has 0 spiro atoms. The Hall–Kier alpha value is -2.09. The highest BCUT2D eigenvalue weighted by Crippen LogP contribution is 2.26. The van der Waals surface area contributed by atoms with Crippen molar-refractivity contribution in [2.24, 2.45) is 0 Å². The fourth-order valence-corrected chi connectivity index (χ4v) is 3.76. The fraction of sp³-hybridized carbons (Fsp3) is 0.222. The van der Waals surface area contributed by atoms with Crippen molar-refractivity contribution in [2.75, 3.05) is 5.75 Å². The van der Waals surface area contributed by atoms with Gasteiger partial charge in [0, 0.05) is 10.0 Å². The van der Waals surface area contributed by atoms with Crippen LogP contribution in [0.25, 0.3) is 0 Å². The van der Waals surface area contributed by atoms with Crippen molar-refractivity contribution in [3.05, 3.63) is 69.7 Å². The average Bonchev–Trinajstić information content (AvgIpc) is 3.07. The molecule has 0 bridgehead atoms. The van der Waals surface area contributed by atoms with E-state index in [1.54, 1.807) is 16.8 Å². The molecule has 0 aliphatic carbocycles. The Morgan fingerprint density at radius 1 is 1.22 bits per heavy atom. The van der Waals surface area contributed by atoms with Gasteiger partial charge in [0.2, 0.25) is 11.1 Å². The molecule has 1 amide bonds. The summed E-state index contributed by atoms with van der Waals surface area (Å²) < 4.78 is 1.67. The minimum atomic E-state index is -0.233. The zero-order valence-electron chi connectivity index (χ0n) is 14.5. The fourth-order valence-electron chi connectivity index (χ4n) is 2.50. The molecule has 1 atom stereocenters. The number of hydrogen-bond donors (Lipinski definition) is 1. The van der Waals surface area contributed by atoms with Crippen LogP contribution in [0, 0.1) is 0 Å². The van der Waals surface area contributed by atoms with Crippen LogP contribution in [0.15, 0.2) is 53.7 Å². The molecule has 27 heavy (non-hydrogen) atoms. The second-order valence-electron chi connectivity index (χ2n) is 5.85. The van der Waals surface area contributed by atoms with E-state index < -0.39 is 0 Å². The molecule has 9 heteroatoms. The second kappa shape index (κ2) is 9.21. The molecule has 2 aromatic carbocycles. The van der Waals surface area contributed by atoms with Gasteiger partial charge in [0.15, 0.2) is 0 Å². The number of carbonyl (C=O) groups is 1. The monoisotopic (exact) mass is 421 g/mol. The third-order valence-corrected chi connectivity index (χ3v) is 5.33. The van der Waals surface area contributed by atoms with E-state index in [0.717, 1.165) is 11.1 Å². The number of amides is 1. The third kappa shape index (κ3) is 5.45. The van der Waals surface area contributed by atoms with Gasteiger partial charge in [-0.25, -0.2) is 4.68 Å². The highest BCUT2D eigenvalue weighted by atomic mass is 35.5. The number of halogens is 2. The lowest BCUT2D eigenvalue weighted by Crippen LogP contribution is -2.28. The minimum absolute atomic E-state index is 0.132. The van der Waals surface area contributed by atoms with Crippen LogP contribution in [0.3, 0.4) is 0 Å². The van der Waals surface area contributed by atoms with Gasteiger partial charge in [-0.3, -0.25) is 4.79 Å². The SMILES string of the molecule is CC(NC(=O)CSc1nnnn1Cc1ccccc1)c1ccc(Cl)cc1Cl. The van der Waals surface area contributed by atoms with Crippen LogP contribution in [-0.4, -0.2) is 31.9 Å². The molecule has 3 aromatic rings. The summed E-state index contributed by atoms with van der Waals surface area (Å²) in [5.74, 6) is 0.0674. The van der Waals surface area contributed by atoms with Gasteiger partial charge in [-0.2, -0.15) is 0 Å². The van der Waals surface area contributed by atoms with E-state index in [0.29, 0.717) is 21.7 Å². The molecule has 0 aliphatic heterocycles. The molecule has 3 rings (SSSR count). The third-order valence-electron chi connectivity index (χ3n) is 3.81. The molecule has 1 unspecified atom stereocenters. The molecule has 0 radical (unpaired) electrons. The number of nitrogens with zero attached hydrogens (tertiary/aromatic N) is 4. The molecule has 1 aromatic heterocycles. The Kier molecular flexibility index (Phi) is 6.71. The Morgan fingerprint density at radius 2 is 2.00 bits per heavy atom. The highest BCUT2D eigenvalue weighted by Gasteiger charge is 2.15. The lowest BCUT2D eigenvalue weighted by atomic mass is 10.1. The van der Waals surface area contributed by atoms with Crippen molar-refractivity contribution >= 4 is 40.9 Å². The summed E-state index contributed by atoms with van der Waals surface area (Å²) in [5, 5.41) is 16.3. The van der Waals surface area contributed by atoms with Crippen LogP contribution >= 0.6 is 35.0 Å². The number of carbonyl (C=O) groups excluding carboxylic acids is 1. The van der Waals surface area contributed by atoms with E-state index in [2.05, 4.69) is 20.8 Å². The van der Waals surface area contributed by atoms with Crippen LogP contribution in [-0.2, 0) is 11.3 Å². The van der Waals surface area contributed by atoms with Gasteiger partial charge in [0.05, 0.1) is 18.3 Å². The maximum absolute atomic E-state index is 12.3. The Morgan fingerprint density at radius 3 is 2.74 bits per heavy atom. The van der Waals surface area contributed by atoms with E-state index in [4.69, 9.17) is 23.2 Å². The van der Waals surface area contributed by atoms with Crippen molar-refractivity contribution in [1.29, 1.82) is 0 Å². The van der Waals surface area contributed by atoms with Gasteiger partial charge in [0.25, 0.3) is 0 Å². The molecule has 0 saturated heterocycles. The van der Waals surface area contributed by atoms with Crippen LogP contribution < -0.4 is 5.32 Å². The van der Waals surface area contributed by atoms with Crippen LogP contribution in [0.4, 0.5) is 0 Å². The summed E-state index contributed by atoms with van der Waals surface area (Å²) in [6.07, 6.45) is 0. The molecule has 0 fully saturated rings. The Balaban J connectivity index is 1.56. The quantitative estimate of drug-likeness (QED) is 0.583. The van der Waals surface area contributed by atoms with Crippen molar-refractivity contribution < 1.29 is 4.79 Å². The van der Waals surface area contributed by atoms with Crippen LogP contribution in [0.2, 0.25) is 10.0 Å². The van der Waals surface area contributed by atoms with Crippen LogP contribution in [0.5, 0.6) is 0 Å². The lowest BCUT2D eigenvalue weighted by Gasteiger charge is -2.15. The first kappa shape index (κ1) is 19.7. The number of tetrazole rings is 1. The Bertz CT molecular complexity index is 919. The molecule has 1 N–H and O–H groups in total. The van der Waals surface area contributed by atoms with Gasteiger partial charge in [-0.05, 0) is 40.6 Å². The number of aromatic nitrogens is 4. The topological polar surface area (TPSA) is 72.7 Å². The number of nitrogens with one attached hydrogen (secondary N) is 1. The summed E-state index contributed by atoms with van der Waals surface area (Å²) in [5.41, 5.74) is 1.90. The van der Waals surface area contributed by atoms with Gasteiger partial charge in [0.1, 0.15) is 0 Å². The van der Waals surface area contributed by atoms with Gasteiger partial charge in [-0.15, -0.1) is 5.10 Å². The predicted molar refractivity (Wildman–Crippen MR) is 107 cm³/mol. The van der Waals surface area contributed by atoms with Crippen LogP contribution in [0.1, 0.15) is 24.1 Å². The smallest absolute Gasteiger partial charge is 0.230 e. The maximum Gasteiger partial charge on any atom is 0.230 e. The molecule has 0 saturated carbocycles. The standard InChI is InChI=1S/C18H17Cl2N5OS/c1-12(15-8-7-14(19)9-16(15)20)21-17(26)11-27-18-22-23-24-25(18)10-13-5-3-2-4-6-13/h2-9,12H,10-11H2,1H3,(H,21,26). The first-order valence-corrected chi connectivity index (χ1v) is 9.94. The Labute approximate surface area is 171 Å². The van der Waals surface area contributed by atoms with Gasteiger partial charge in [-0.1, -0.05) is 71.4 Å². The highest BCUT2D eigenvalue weighted by molar-refractivity contribution is 7.99. The van der Waals surface area contributed by atoms with E-state index >= 15 is 0 Å². The van der Waals surface area contributed by atoms with E-state index in [1.807, 2.05) is 43.3 Å². The minimum Gasteiger partial charge on any atom is -0.349 e. The van der Waals surface area contributed by atoms with Crippen molar-refractivity contribution in [3.8, 4) is 0 Å². The molecule has 140 valence electrons. The maximum atomic E-state index is 12.3. The zero-order chi connectivity index (χ0) is 19.2. The normalized spacial score (nSPS) is 12.0. The van der Waals surface area contributed by atoms with Gasteiger partial charge < -0.3 is 5.32 Å². The summed E-state index contributed by atoms with van der Waals surface area (Å²) in [6.45, 7) is 2.42. The first-order chi connectivity index (χ1) is 13.0. The summed E-state index contributed by atoms with van der Waals surface area (Å²) >= 11 is 13.4. The van der Waals surface area contributed by atoms with E-state index in [-0.39, 0.29) is 17.7 Å². The number of thioether (sulfide) groups is 1. The predicted octanol–water partition coefficient (Wildman–Crippen LogP) is 4.00. The summed E-state index contributed by atoms with van der Waals surface area (Å²) in [7, 11) is 0. The first-order valence-electron chi connectivity index (χ1n) is 8.20.